The number of halogens is 1. The summed E-state index contributed by atoms with van der Waals surface area (Å²) in [5.41, 5.74) is 10.2. The van der Waals surface area contributed by atoms with Gasteiger partial charge in [-0.2, -0.15) is 0 Å². The quantitative estimate of drug-likeness (QED) is 0.782. The number of rotatable bonds is 3. The smallest absolute Gasteiger partial charge is 0.126 e. The zero-order chi connectivity index (χ0) is 17.0. The number of nitrogens with zero attached hydrogens (tertiary/aromatic N) is 1. The second-order valence-corrected chi connectivity index (χ2v) is 5.77. The summed E-state index contributed by atoms with van der Waals surface area (Å²) >= 11 is 0. The lowest BCUT2D eigenvalue weighted by Gasteiger charge is -2.16. The first-order valence-electron chi connectivity index (χ1n) is 8.39. The average molecular weight is 314 g/mol. The Morgan fingerprint density at radius 2 is 2.09 bits per heavy atom. The molecule has 1 aliphatic rings. The van der Waals surface area contributed by atoms with Crippen LogP contribution in [0.2, 0.25) is 0 Å². The highest BCUT2D eigenvalue weighted by molar-refractivity contribution is 6.00. The molecule has 2 N–H and O–H groups in total. The van der Waals surface area contributed by atoms with E-state index in [1.807, 2.05) is 19.9 Å². The molecule has 0 spiro atoms. The van der Waals surface area contributed by atoms with Crippen LogP contribution in [0.3, 0.4) is 0 Å². The number of allylic oxidation sites excluding steroid dienone is 4. The van der Waals surface area contributed by atoms with Gasteiger partial charge in [-0.1, -0.05) is 25.1 Å². The van der Waals surface area contributed by atoms with E-state index in [2.05, 4.69) is 35.6 Å². The number of hydrogen-bond donors (Lipinski definition) is 1. The number of benzene rings is 1. The fourth-order valence-electron chi connectivity index (χ4n) is 3.42. The first-order valence-corrected chi connectivity index (χ1v) is 8.39. The Hall–Kier alpha value is -1.87. The van der Waals surface area contributed by atoms with Crippen LogP contribution in [0.4, 0.5) is 4.39 Å². The molecule has 0 amide bonds. The van der Waals surface area contributed by atoms with Crippen molar-refractivity contribution in [3.8, 4) is 0 Å². The molecule has 0 bridgehead atoms. The third kappa shape index (κ3) is 3.11. The third-order valence-electron chi connectivity index (χ3n) is 4.38. The molecular weight excluding hydrogens is 287 g/mol. The van der Waals surface area contributed by atoms with Crippen molar-refractivity contribution >= 4 is 16.5 Å². The van der Waals surface area contributed by atoms with Crippen molar-refractivity contribution in [2.75, 3.05) is 7.05 Å². The summed E-state index contributed by atoms with van der Waals surface area (Å²) in [7, 11) is 1.50. The van der Waals surface area contributed by atoms with Crippen LogP contribution in [0.25, 0.3) is 16.5 Å². The highest BCUT2D eigenvalue weighted by Gasteiger charge is 2.20. The van der Waals surface area contributed by atoms with Gasteiger partial charge in [-0.05, 0) is 57.4 Å². The molecule has 23 heavy (non-hydrogen) atoms. The minimum absolute atomic E-state index is 0.108. The molecule has 1 aromatic carbocycles. The van der Waals surface area contributed by atoms with E-state index < -0.39 is 0 Å². The van der Waals surface area contributed by atoms with Gasteiger partial charge in [0.05, 0.1) is 5.52 Å². The summed E-state index contributed by atoms with van der Waals surface area (Å²) in [5.74, 6) is -0.108. The summed E-state index contributed by atoms with van der Waals surface area (Å²) in [5, 5.41) is 1.22. The lowest BCUT2D eigenvalue weighted by molar-refractivity contribution is 0.635. The maximum atomic E-state index is 14.4. The molecular formula is C20H27FN2. The van der Waals surface area contributed by atoms with E-state index in [0.29, 0.717) is 6.42 Å². The van der Waals surface area contributed by atoms with E-state index in [-0.39, 0.29) is 5.83 Å². The van der Waals surface area contributed by atoms with Gasteiger partial charge in [0.1, 0.15) is 5.83 Å². The Bertz CT molecular complexity index is 751. The molecule has 0 saturated heterocycles. The monoisotopic (exact) mass is 314 g/mol. The molecule has 0 atom stereocenters. The van der Waals surface area contributed by atoms with Gasteiger partial charge in [0.2, 0.25) is 0 Å². The second-order valence-electron chi connectivity index (χ2n) is 5.77. The predicted octanol–water partition coefficient (Wildman–Crippen LogP) is 5.14. The molecule has 2 aromatic rings. The molecule has 1 aromatic heterocycles. The van der Waals surface area contributed by atoms with E-state index in [0.717, 1.165) is 30.5 Å². The molecule has 0 fully saturated rings. The van der Waals surface area contributed by atoms with Crippen LogP contribution >= 0.6 is 0 Å². The second kappa shape index (κ2) is 7.60. The van der Waals surface area contributed by atoms with E-state index in [1.165, 1.54) is 29.1 Å². The van der Waals surface area contributed by atoms with Crippen LogP contribution in [-0.2, 0) is 13.0 Å². The minimum Gasteiger partial charge on any atom is -0.347 e. The topological polar surface area (TPSA) is 30.9 Å². The minimum atomic E-state index is -0.108. The number of nitrogens with two attached hydrogens (primary N) is 1. The highest BCUT2D eigenvalue weighted by Crippen LogP contribution is 2.37. The largest absolute Gasteiger partial charge is 0.347 e. The molecule has 1 aliphatic heterocycles. The number of aromatic nitrogens is 1. The van der Waals surface area contributed by atoms with Crippen LogP contribution in [-0.4, -0.2) is 11.6 Å². The number of aryl methyl sites for hydroxylation is 3. The fourth-order valence-corrected chi connectivity index (χ4v) is 3.42. The summed E-state index contributed by atoms with van der Waals surface area (Å²) in [6.45, 7) is 7.04. The molecule has 0 saturated carbocycles. The Labute approximate surface area is 138 Å². The number of hydrogen-bond acceptors (Lipinski definition) is 1. The van der Waals surface area contributed by atoms with E-state index in [4.69, 9.17) is 0 Å². The summed E-state index contributed by atoms with van der Waals surface area (Å²) in [4.78, 5) is 0. The van der Waals surface area contributed by atoms with Crippen molar-refractivity contribution in [2.24, 2.45) is 5.73 Å². The van der Waals surface area contributed by atoms with Crippen LogP contribution in [0, 0.1) is 6.92 Å². The normalized spacial score (nSPS) is 14.7. The van der Waals surface area contributed by atoms with Gasteiger partial charge in [0, 0.05) is 29.3 Å². The third-order valence-corrected chi connectivity index (χ3v) is 4.38. The zero-order valence-corrected chi connectivity index (χ0v) is 14.6. The highest BCUT2D eigenvalue weighted by atomic mass is 19.1. The molecule has 0 radical (unpaired) electrons. The lowest BCUT2D eigenvalue weighted by atomic mass is 9.96. The van der Waals surface area contributed by atoms with Gasteiger partial charge in [0.15, 0.2) is 0 Å². The van der Waals surface area contributed by atoms with Crippen molar-refractivity contribution in [3.05, 3.63) is 53.0 Å². The molecule has 3 heteroatoms. The Balaban J connectivity index is 0.000000924. The first kappa shape index (κ1) is 17.5. The Kier molecular flexibility index (Phi) is 5.78. The SMILES string of the molecule is C/C=C(\C(F)=C/CC)c1cn2c3c(ccc(C)c13)CCC2.CN. The summed E-state index contributed by atoms with van der Waals surface area (Å²) < 4.78 is 16.7. The Morgan fingerprint density at radius 3 is 2.74 bits per heavy atom. The molecule has 3 rings (SSSR count). The van der Waals surface area contributed by atoms with Gasteiger partial charge in [-0.15, -0.1) is 0 Å². The van der Waals surface area contributed by atoms with Crippen LogP contribution in [0.1, 0.15) is 43.4 Å². The fraction of sp³-hybridized carbons (Fsp3) is 0.400. The maximum Gasteiger partial charge on any atom is 0.126 e. The predicted molar refractivity (Wildman–Crippen MR) is 98.2 cm³/mol. The zero-order valence-electron chi connectivity index (χ0n) is 14.6. The molecule has 2 heterocycles. The Morgan fingerprint density at radius 1 is 1.35 bits per heavy atom. The lowest BCUT2D eigenvalue weighted by Crippen LogP contribution is -2.06. The molecule has 0 unspecified atom stereocenters. The van der Waals surface area contributed by atoms with Gasteiger partial charge in [0.25, 0.3) is 0 Å². The van der Waals surface area contributed by atoms with Gasteiger partial charge < -0.3 is 10.3 Å². The molecule has 124 valence electrons. The van der Waals surface area contributed by atoms with Gasteiger partial charge in [-0.3, -0.25) is 0 Å². The first-order chi connectivity index (χ1) is 11.2. The van der Waals surface area contributed by atoms with E-state index in [9.17, 15) is 4.39 Å². The van der Waals surface area contributed by atoms with Crippen LogP contribution in [0.15, 0.2) is 36.3 Å². The summed E-state index contributed by atoms with van der Waals surface area (Å²) in [6, 6.07) is 4.40. The molecule has 2 nitrogen and oxygen atoms in total. The van der Waals surface area contributed by atoms with Crippen molar-refractivity contribution < 1.29 is 4.39 Å². The summed E-state index contributed by atoms with van der Waals surface area (Å²) in [6.07, 6.45) is 8.70. The van der Waals surface area contributed by atoms with Gasteiger partial charge in [-0.25, -0.2) is 4.39 Å². The van der Waals surface area contributed by atoms with Crippen molar-refractivity contribution in [1.29, 1.82) is 0 Å². The standard InChI is InChI=1S/C19H22FN.CH5N/c1-4-7-17(20)15(5-2)16-12-21-11-6-8-14-10-9-13(3)18(16)19(14)21;1-2/h5,7,9-10,12H,4,6,8,11H2,1-3H3;2H2,1H3/b15-5-,17-7+;. The van der Waals surface area contributed by atoms with Gasteiger partial charge >= 0.3 is 0 Å². The van der Waals surface area contributed by atoms with Crippen molar-refractivity contribution in [1.82, 2.24) is 4.57 Å². The molecule has 0 aliphatic carbocycles. The van der Waals surface area contributed by atoms with Crippen molar-refractivity contribution in [2.45, 2.75) is 46.6 Å². The van der Waals surface area contributed by atoms with E-state index >= 15 is 0 Å². The average Bonchev–Trinajstić information content (AvgIpc) is 2.95. The van der Waals surface area contributed by atoms with Crippen molar-refractivity contribution in [3.63, 3.8) is 0 Å². The van der Waals surface area contributed by atoms with Crippen LogP contribution < -0.4 is 5.73 Å². The van der Waals surface area contributed by atoms with Crippen LogP contribution in [0.5, 0.6) is 0 Å². The maximum absolute atomic E-state index is 14.4. The van der Waals surface area contributed by atoms with E-state index in [1.54, 1.807) is 6.08 Å².